The maximum absolute atomic E-state index is 12.8. The fraction of sp³-hybridized carbons (Fsp3) is 0.227. The average molecular weight is 454 g/mol. The summed E-state index contributed by atoms with van der Waals surface area (Å²) >= 11 is 0.914. The van der Waals surface area contributed by atoms with Gasteiger partial charge in [-0.2, -0.15) is 10.2 Å². The SMILES string of the molecule is CC(C)COc1ccc(/C=N\NC(=O)C(Sc2n[nH]c(=O)[nH]c2=O)c2ccccc2)cc1. The maximum atomic E-state index is 12.8. The predicted octanol–water partition coefficient (Wildman–Crippen LogP) is 2.48. The van der Waals surface area contributed by atoms with Crippen LogP contribution in [-0.4, -0.2) is 33.9 Å². The Kier molecular flexibility index (Phi) is 7.98. The molecule has 1 amide bonds. The highest BCUT2D eigenvalue weighted by molar-refractivity contribution is 8.00. The summed E-state index contributed by atoms with van der Waals surface area (Å²) in [5.74, 6) is 0.754. The van der Waals surface area contributed by atoms with Gasteiger partial charge in [0, 0.05) is 0 Å². The largest absolute Gasteiger partial charge is 0.493 e. The van der Waals surface area contributed by atoms with Crippen molar-refractivity contribution in [2.75, 3.05) is 6.61 Å². The number of ether oxygens (including phenoxy) is 1. The second kappa shape index (κ2) is 11.1. The number of thioether (sulfide) groups is 1. The number of hydrogen-bond acceptors (Lipinski definition) is 7. The molecule has 0 aliphatic rings. The zero-order valence-electron chi connectivity index (χ0n) is 17.6. The van der Waals surface area contributed by atoms with Gasteiger partial charge in [-0.25, -0.2) is 15.3 Å². The number of nitrogens with one attached hydrogen (secondary N) is 3. The third-order valence-electron chi connectivity index (χ3n) is 4.10. The molecule has 166 valence electrons. The van der Waals surface area contributed by atoms with E-state index in [1.165, 1.54) is 6.21 Å². The number of carbonyl (C=O) groups is 1. The Balaban J connectivity index is 1.70. The van der Waals surface area contributed by atoms with Crippen LogP contribution in [0, 0.1) is 5.92 Å². The van der Waals surface area contributed by atoms with Gasteiger partial charge in [0.05, 0.1) is 12.8 Å². The van der Waals surface area contributed by atoms with E-state index >= 15 is 0 Å². The molecule has 1 atom stereocenters. The molecule has 3 aromatic rings. The van der Waals surface area contributed by atoms with Crippen LogP contribution in [0.3, 0.4) is 0 Å². The fourth-order valence-corrected chi connectivity index (χ4v) is 3.50. The molecule has 0 saturated carbocycles. The van der Waals surface area contributed by atoms with E-state index < -0.39 is 22.4 Å². The predicted molar refractivity (Wildman–Crippen MR) is 123 cm³/mol. The molecule has 1 aromatic heterocycles. The van der Waals surface area contributed by atoms with Crippen LogP contribution in [0.1, 0.15) is 30.2 Å². The smallest absolute Gasteiger partial charge is 0.342 e. The lowest BCUT2D eigenvalue weighted by Crippen LogP contribution is -2.28. The molecule has 0 bridgehead atoms. The Morgan fingerprint density at radius 2 is 1.88 bits per heavy atom. The van der Waals surface area contributed by atoms with Crippen molar-refractivity contribution in [2.24, 2.45) is 11.0 Å². The van der Waals surface area contributed by atoms with Crippen LogP contribution in [0.4, 0.5) is 0 Å². The highest BCUT2D eigenvalue weighted by atomic mass is 32.2. The monoisotopic (exact) mass is 453 g/mol. The first-order valence-electron chi connectivity index (χ1n) is 9.89. The lowest BCUT2D eigenvalue weighted by molar-refractivity contribution is -0.120. The molecular formula is C22H23N5O4S. The Hall–Kier alpha value is -3.66. The molecular weight excluding hydrogens is 430 g/mol. The number of H-pyrrole nitrogens is 2. The van der Waals surface area contributed by atoms with Crippen molar-refractivity contribution in [3.63, 3.8) is 0 Å². The molecule has 0 radical (unpaired) electrons. The summed E-state index contributed by atoms with van der Waals surface area (Å²) < 4.78 is 5.65. The molecule has 0 saturated heterocycles. The van der Waals surface area contributed by atoms with Crippen molar-refractivity contribution in [1.29, 1.82) is 0 Å². The van der Waals surface area contributed by atoms with E-state index in [0.717, 1.165) is 23.1 Å². The standard InChI is InChI=1S/C22H23N5O4S/c1-14(2)13-31-17-10-8-15(9-11-17)12-23-25-19(28)18(16-6-4-3-5-7-16)32-21-20(29)24-22(30)27-26-21/h3-12,14,18H,13H2,1-2H3,(H,25,28)(H2,24,27,29,30)/b23-12-. The molecule has 0 aliphatic heterocycles. The number of nitrogens with zero attached hydrogens (tertiary/aromatic N) is 2. The quantitative estimate of drug-likeness (QED) is 0.259. The lowest BCUT2D eigenvalue weighted by Gasteiger charge is -2.14. The van der Waals surface area contributed by atoms with Gasteiger partial charge in [0.2, 0.25) is 0 Å². The first kappa shape index (κ1) is 23.0. The number of aromatic amines is 2. The van der Waals surface area contributed by atoms with Crippen LogP contribution < -0.4 is 21.4 Å². The van der Waals surface area contributed by atoms with Crippen LogP contribution in [-0.2, 0) is 4.79 Å². The average Bonchev–Trinajstić information content (AvgIpc) is 2.78. The topological polar surface area (TPSA) is 129 Å². The van der Waals surface area contributed by atoms with Crippen molar-refractivity contribution >= 4 is 23.9 Å². The third-order valence-corrected chi connectivity index (χ3v) is 5.32. The number of aromatic nitrogens is 3. The van der Waals surface area contributed by atoms with Gasteiger partial charge in [-0.3, -0.25) is 14.6 Å². The fourth-order valence-electron chi connectivity index (χ4n) is 2.57. The summed E-state index contributed by atoms with van der Waals surface area (Å²) in [5.41, 5.74) is 2.55. The molecule has 32 heavy (non-hydrogen) atoms. The van der Waals surface area contributed by atoms with Crippen LogP contribution in [0.5, 0.6) is 5.75 Å². The van der Waals surface area contributed by atoms with E-state index in [-0.39, 0.29) is 5.03 Å². The van der Waals surface area contributed by atoms with Gasteiger partial charge >= 0.3 is 5.69 Å². The number of rotatable bonds is 9. The van der Waals surface area contributed by atoms with Gasteiger partial charge in [-0.15, -0.1) is 0 Å². The Bertz CT molecular complexity index is 1170. The summed E-state index contributed by atoms with van der Waals surface area (Å²) in [7, 11) is 0. The minimum absolute atomic E-state index is 0.0328. The Morgan fingerprint density at radius 1 is 1.16 bits per heavy atom. The minimum atomic E-state index is -0.806. The molecule has 0 aliphatic carbocycles. The zero-order chi connectivity index (χ0) is 22.9. The summed E-state index contributed by atoms with van der Waals surface area (Å²) in [5, 5.41) is 9.09. The van der Waals surface area contributed by atoms with E-state index in [1.807, 2.05) is 30.3 Å². The van der Waals surface area contributed by atoms with Crippen molar-refractivity contribution in [2.45, 2.75) is 24.1 Å². The van der Waals surface area contributed by atoms with Gasteiger partial charge < -0.3 is 4.74 Å². The summed E-state index contributed by atoms with van der Waals surface area (Å²) in [6, 6.07) is 16.2. The number of hydrogen-bond donors (Lipinski definition) is 3. The van der Waals surface area contributed by atoms with Gasteiger partial charge in [0.25, 0.3) is 11.5 Å². The molecule has 10 heteroatoms. The van der Waals surface area contributed by atoms with Crippen molar-refractivity contribution < 1.29 is 9.53 Å². The van der Waals surface area contributed by atoms with Gasteiger partial charge in [-0.05, 0) is 41.3 Å². The molecule has 2 aromatic carbocycles. The van der Waals surface area contributed by atoms with Crippen LogP contribution >= 0.6 is 11.8 Å². The maximum Gasteiger partial charge on any atom is 0.342 e. The molecule has 3 rings (SSSR count). The lowest BCUT2D eigenvalue weighted by atomic mass is 10.1. The Labute approximate surface area is 188 Å². The van der Waals surface area contributed by atoms with E-state index in [9.17, 15) is 14.4 Å². The first-order chi connectivity index (χ1) is 15.4. The molecule has 9 nitrogen and oxygen atoms in total. The van der Waals surface area contributed by atoms with Crippen molar-refractivity contribution in [1.82, 2.24) is 20.6 Å². The second-order valence-electron chi connectivity index (χ2n) is 7.23. The van der Waals surface area contributed by atoms with E-state index in [2.05, 4.69) is 39.6 Å². The van der Waals surface area contributed by atoms with Gasteiger partial charge in [0.15, 0.2) is 5.03 Å². The molecule has 1 unspecified atom stereocenters. The summed E-state index contributed by atoms with van der Waals surface area (Å²) in [4.78, 5) is 38.2. The third kappa shape index (κ3) is 6.67. The van der Waals surface area contributed by atoms with E-state index in [0.29, 0.717) is 18.1 Å². The molecule has 0 fully saturated rings. The normalized spacial score (nSPS) is 12.1. The zero-order valence-corrected chi connectivity index (χ0v) is 18.4. The van der Waals surface area contributed by atoms with Crippen LogP contribution in [0.25, 0.3) is 0 Å². The highest BCUT2D eigenvalue weighted by Gasteiger charge is 2.24. The number of amides is 1. The Morgan fingerprint density at radius 3 is 2.53 bits per heavy atom. The van der Waals surface area contributed by atoms with E-state index in [4.69, 9.17) is 4.74 Å². The summed E-state index contributed by atoms with van der Waals surface area (Å²) in [6.07, 6.45) is 1.52. The van der Waals surface area contributed by atoms with Gasteiger partial charge in [-0.1, -0.05) is 55.9 Å². The van der Waals surface area contributed by atoms with E-state index in [1.54, 1.807) is 24.3 Å². The second-order valence-corrected chi connectivity index (χ2v) is 8.32. The molecule has 1 heterocycles. The minimum Gasteiger partial charge on any atom is -0.493 e. The number of benzene rings is 2. The first-order valence-corrected chi connectivity index (χ1v) is 10.8. The summed E-state index contributed by atoms with van der Waals surface area (Å²) in [6.45, 7) is 4.79. The van der Waals surface area contributed by atoms with Gasteiger partial charge in [0.1, 0.15) is 11.0 Å². The molecule has 3 N–H and O–H groups in total. The van der Waals surface area contributed by atoms with Crippen LogP contribution in [0.2, 0.25) is 0 Å². The van der Waals surface area contributed by atoms with Crippen LogP contribution in [0.15, 0.2) is 74.3 Å². The molecule has 0 spiro atoms. The van der Waals surface area contributed by atoms with Crippen molar-refractivity contribution in [3.05, 3.63) is 86.6 Å². The highest BCUT2D eigenvalue weighted by Crippen LogP contribution is 2.32. The number of hydrazone groups is 1. The van der Waals surface area contributed by atoms with Crippen molar-refractivity contribution in [3.8, 4) is 5.75 Å². The number of carbonyl (C=O) groups excluding carboxylic acids is 1.